The number of nitrogens with zero attached hydrogens (tertiary/aromatic N) is 1. The Morgan fingerprint density at radius 1 is 1.24 bits per heavy atom. The lowest BCUT2D eigenvalue weighted by molar-refractivity contribution is 0.0717. The smallest absolute Gasteiger partial charge is 0.255 e. The summed E-state index contributed by atoms with van der Waals surface area (Å²) >= 11 is 0. The number of carbonyl (C=O) groups is 1. The molecule has 25 heavy (non-hydrogen) atoms. The second-order valence-corrected chi connectivity index (χ2v) is 6.38. The second-order valence-electron chi connectivity index (χ2n) is 6.38. The minimum atomic E-state index is -0.523. The number of aromatic amines is 1. The van der Waals surface area contributed by atoms with E-state index in [1.165, 1.54) is 0 Å². The molecular formula is C20H20N2O3. The number of hydrogen-bond donors (Lipinski definition) is 2. The monoisotopic (exact) mass is 336 g/mol. The number of amides is 1. The third-order valence-corrected chi connectivity index (χ3v) is 4.84. The van der Waals surface area contributed by atoms with Crippen LogP contribution in [0.3, 0.4) is 0 Å². The van der Waals surface area contributed by atoms with Gasteiger partial charge in [0.1, 0.15) is 5.75 Å². The van der Waals surface area contributed by atoms with E-state index >= 15 is 0 Å². The Kier molecular flexibility index (Phi) is 3.93. The Morgan fingerprint density at radius 2 is 2.08 bits per heavy atom. The molecule has 5 heteroatoms. The maximum Gasteiger partial charge on any atom is 0.255 e. The van der Waals surface area contributed by atoms with Gasteiger partial charge in [-0.25, -0.2) is 0 Å². The van der Waals surface area contributed by atoms with E-state index in [2.05, 4.69) is 4.98 Å². The Balaban J connectivity index is 1.72. The standard InChI is InChI=1S/C20H20N2O3/c1-25-15-5-2-4-13(10-15)19-11-14(23)12-22(19)20(24)17-6-3-7-18-16(17)8-9-21-18/h2-10,14,19,21,23H,11-12H2,1H3/t14-,19-/m1/s1. The van der Waals surface area contributed by atoms with Crippen LogP contribution in [-0.2, 0) is 0 Å². The molecule has 2 N–H and O–H groups in total. The van der Waals surface area contributed by atoms with E-state index in [9.17, 15) is 9.90 Å². The molecule has 0 saturated carbocycles. The van der Waals surface area contributed by atoms with Crippen LogP contribution < -0.4 is 4.74 Å². The average Bonchev–Trinajstić information content (AvgIpc) is 3.27. The van der Waals surface area contributed by atoms with Crippen LogP contribution in [0, 0.1) is 0 Å². The molecule has 2 atom stereocenters. The number of hydrogen-bond acceptors (Lipinski definition) is 3. The van der Waals surface area contributed by atoms with Gasteiger partial charge in [-0.1, -0.05) is 18.2 Å². The molecular weight excluding hydrogens is 316 g/mol. The molecule has 1 saturated heterocycles. The number of fused-ring (bicyclic) bond motifs is 1. The van der Waals surface area contributed by atoms with Gasteiger partial charge in [0.2, 0.25) is 0 Å². The predicted molar refractivity (Wildman–Crippen MR) is 95.7 cm³/mol. The number of methoxy groups -OCH3 is 1. The van der Waals surface area contributed by atoms with Crippen LogP contribution in [0.1, 0.15) is 28.4 Å². The first-order valence-electron chi connectivity index (χ1n) is 8.36. The summed E-state index contributed by atoms with van der Waals surface area (Å²) in [6.45, 7) is 0.335. The van der Waals surface area contributed by atoms with E-state index in [1.807, 2.05) is 54.7 Å². The summed E-state index contributed by atoms with van der Waals surface area (Å²) in [6.07, 6.45) is 1.84. The van der Waals surface area contributed by atoms with E-state index in [-0.39, 0.29) is 11.9 Å². The van der Waals surface area contributed by atoms with Crippen molar-refractivity contribution in [2.45, 2.75) is 18.6 Å². The number of aliphatic hydroxyl groups excluding tert-OH is 1. The van der Waals surface area contributed by atoms with Crippen molar-refractivity contribution < 1.29 is 14.6 Å². The predicted octanol–water partition coefficient (Wildman–Crippen LogP) is 3.12. The Bertz CT molecular complexity index is 918. The zero-order valence-corrected chi connectivity index (χ0v) is 14.0. The highest BCUT2D eigenvalue weighted by molar-refractivity contribution is 6.06. The minimum absolute atomic E-state index is 0.0606. The largest absolute Gasteiger partial charge is 0.497 e. The fraction of sp³-hybridized carbons (Fsp3) is 0.250. The SMILES string of the molecule is COc1cccc([C@H]2C[C@@H](O)CN2C(=O)c2cccc3[nH]ccc23)c1. The number of aromatic nitrogens is 1. The summed E-state index contributed by atoms with van der Waals surface area (Å²) in [7, 11) is 1.62. The van der Waals surface area contributed by atoms with Gasteiger partial charge in [-0.3, -0.25) is 4.79 Å². The molecule has 0 unspecified atom stereocenters. The summed E-state index contributed by atoms with van der Waals surface area (Å²) in [5.41, 5.74) is 2.56. The van der Waals surface area contributed by atoms with Gasteiger partial charge in [0, 0.05) is 29.2 Å². The molecule has 4 rings (SSSR count). The molecule has 1 aliphatic heterocycles. The van der Waals surface area contributed by atoms with Crippen LogP contribution in [0.15, 0.2) is 54.7 Å². The molecule has 2 heterocycles. The first kappa shape index (κ1) is 15.7. The number of ether oxygens (including phenoxy) is 1. The Hall–Kier alpha value is -2.79. The van der Waals surface area contributed by atoms with Crippen LogP contribution in [0.5, 0.6) is 5.75 Å². The highest BCUT2D eigenvalue weighted by atomic mass is 16.5. The van der Waals surface area contributed by atoms with E-state index in [0.29, 0.717) is 18.5 Å². The quantitative estimate of drug-likeness (QED) is 0.772. The Morgan fingerprint density at radius 3 is 2.92 bits per heavy atom. The van der Waals surface area contributed by atoms with Crippen molar-refractivity contribution in [2.75, 3.05) is 13.7 Å². The van der Waals surface area contributed by atoms with Crippen molar-refractivity contribution in [1.82, 2.24) is 9.88 Å². The van der Waals surface area contributed by atoms with E-state index < -0.39 is 6.10 Å². The maximum absolute atomic E-state index is 13.2. The van der Waals surface area contributed by atoms with Crippen LogP contribution >= 0.6 is 0 Å². The van der Waals surface area contributed by atoms with Crippen LogP contribution in [0.4, 0.5) is 0 Å². The van der Waals surface area contributed by atoms with Gasteiger partial charge in [0.15, 0.2) is 0 Å². The molecule has 0 radical (unpaired) electrons. The summed E-state index contributed by atoms with van der Waals surface area (Å²) < 4.78 is 5.30. The van der Waals surface area contributed by atoms with Gasteiger partial charge in [-0.15, -0.1) is 0 Å². The minimum Gasteiger partial charge on any atom is -0.497 e. The number of benzene rings is 2. The fourth-order valence-electron chi connectivity index (χ4n) is 3.63. The highest BCUT2D eigenvalue weighted by Crippen LogP contribution is 2.35. The van der Waals surface area contributed by atoms with Gasteiger partial charge in [0.05, 0.1) is 19.3 Å². The third kappa shape index (κ3) is 2.76. The van der Waals surface area contributed by atoms with Crippen molar-refractivity contribution in [3.63, 3.8) is 0 Å². The molecule has 1 amide bonds. The topological polar surface area (TPSA) is 65.6 Å². The summed E-state index contributed by atoms with van der Waals surface area (Å²) in [4.78, 5) is 18.1. The van der Waals surface area contributed by atoms with Crippen molar-refractivity contribution in [3.05, 3.63) is 65.9 Å². The maximum atomic E-state index is 13.2. The number of likely N-dealkylation sites (tertiary alicyclic amines) is 1. The van der Waals surface area contributed by atoms with E-state index in [1.54, 1.807) is 12.0 Å². The van der Waals surface area contributed by atoms with Crippen LogP contribution in [0.2, 0.25) is 0 Å². The van der Waals surface area contributed by atoms with Gasteiger partial charge in [-0.05, 0) is 42.3 Å². The number of carbonyl (C=O) groups excluding carboxylic acids is 1. The average molecular weight is 336 g/mol. The van der Waals surface area contributed by atoms with Gasteiger partial charge in [0.25, 0.3) is 5.91 Å². The van der Waals surface area contributed by atoms with Crippen molar-refractivity contribution in [2.24, 2.45) is 0 Å². The lowest BCUT2D eigenvalue weighted by atomic mass is 10.0. The van der Waals surface area contributed by atoms with Gasteiger partial charge in [-0.2, -0.15) is 0 Å². The zero-order chi connectivity index (χ0) is 17.4. The normalized spacial score (nSPS) is 20.2. The molecule has 5 nitrogen and oxygen atoms in total. The lowest BCUT2D eigenvalue weighted by Crippen LogP contribution is -2.31. The molecule has 1 fully saturated rings. The van der Waals surface area contributed by atoms with Crippen molar-refractivity contribution in [1.29, 1.82) is 0 Å². The van der Waals surface area contributed by atoms with Crippen molar-refractivity contribution >= 4 is 16.8 Å². The van der Waals surface area contributed by atoms with Crippen LogP contribution in [0.25, 0.3) is 10.9 Å². The van der Waals surface area contributed by atoms with E-state index in [0.717, 1.165) is 22.2 Å². The number of β-amino-alcohol motifs (C(OH)–C–C–N with tert-alkyl or cyclic N) is 1. The van der Waals surface area contributed by atoms with Gasteiger partial charge < -0.3 is 19.7 Å². The molecule has 2 aromatic carbocycles. The first-order chi connectivity index (χ1) is 12.2. The molecule has 0 spiro atoms. The van der Waals surface area contributed by atoms with Crippen LogP contribution in [-0.4, -0.2) is 40.7 Å². The highest BCUT2D eigenvalue weighted by Gasteiger charge is 2.36. The summed E-state index contributed by atoms with van der Waals surface area (Å²) in [6, 6.07) is 15.1. The Labute approximate surface area is 145 Å². The molecule has 128 valence electrons. The molecule has 1 aromatic heterocycles. The summed E-state index contributed by atoms with van der Waals surface area (Å²) in [5, 5.41) is 11.1. The summed E-state index contributed by atoms with van der Waals surface area (Å²) in [5.74, 6) is 0.689. The third-order valence-electron chi connectivity index (χ3n) is 4.84. The molecule has 1 aliphatic rings. The van der Waals surface area contributed by atoms with Gasteiger partial charge >= 0.3 is 0 Å². The molecule has 3 aromatic rings. The lowest BCUT2D eigenvalue weighted by Gasteiger charge is -2.25. The number of nitrogens with one attached hydrogen (secondary N) is 1. The number of H-pyrrole nitrogens is 1. The second kappa shape index (κ2) is 6.26. The van der Waals surface area contributed by atoms with E-state index in [4.69, 9.17) is 4.74 Å². The first-order valence-corrected chi connectivity index (χ1v) is 8.36. The number of aliphatic hydroxyl groups is 1. The zero-order valence-electron chi connectivity index (χ0n) is 14.0. The molecule has 0 aliphatic carbocycles. The molecule has 0 bridgehead atoms. The fourth-order valence-corrected chi connectivity index (χ4v) is 3.63. The van der Waals surface area contributed by atoms with Crippen molar-refractivity contribution in [3.8, 4) is 5.75 Å². The number of rotatable bonds is 3.